The molecule has 0 aliphatic carbocycles. The minimum absolute atomic E-state index is 0.0410. The van der Waals surface area contributed by atoms with Gasteiger partial charge in [0.25, 0.3) is 15.6 Å². The van der Waals surface area contributed by atoms with E-state index < -0.39 is 21.3 Å². The first-order chi connectivity index (χ1) is 8.87. The molecule has 2 aromatic rings. The van der Waals surface area contributed by atoms with Crippen LogP contribution in [-0.4, -0.2) is 18.4 Å². The van der Waals surface area contributed by atoms with Crippen molar-refractivity contribution in [1.82, 2.24) is 9.97 Å². The molecule has 0 aliphatic rings. The molecule has 0 atom stereocenters. The largest absolute Gasteiger partial charge is 0.327 e. The van der Waals surface area contributed by atoms with Crippen molar-refractivity contribution < 1.29 is 8.42 Å². The van der Waals surface area contributed by atoms with Gasteiger partial charge in [-0.1, -0.05) is 17.7 Å². The molecule has 0 amide bonds. The van der Waals surface area contributed by atoms with Crippen LogP contribution in [0.5, 0.6) is 0 Å². The number of aryl methyl sites for hydroxylation is 1. The van der Waals surface area contributed by atoms with Gasteiger partial charge in [0.2, 0.25) is 0 Å². The van der Waals surface area contributed by atoms with E-state index in [4.69, 9.17) is 0 Å². The van der Waals surface area contributed by atoms with Gasteiger partial charge < -0.3 is 0 Å². The van der Waals surface area contributed by atoms with Crippen molar-refractivity contribution in [1.29, 1.82) is 0 Å². The van der Waals surface area contributed by atoms with Gasteiger partial charge in [0.1, 0.15) is 5.82 Å². The van der Waals surface area contributed by atoms with Crippen LogP contribution in [0.25, 0.3) is 0 Å². The van der Waals surface area contributed by atoms with E-state index in [9.17, 15) is 18.0 Å². The number of sulfonamides is 1. The fraction of sp³-hybridized carbons (Fsp3) is 0.0909. The van der Waals surface area contributed by atoms with E-state index in [1.54, 1.807) is 12.1 Å². The highest BCUT2D eigenvalue weighted by Crippen LogP contribution is 2.13. The summed E-state index contributed by atoms with van der Waals surface area (Å²) in [6, 6.07) is 7.11. The summed E-state index contributed by atoms with van der Waals surface area (Å²) in [5.41, 5.74) is -0.553. The molecule has 0 radical (unpaired) electrons. The van der Waals surface area contributed by atoms with E-state index in [-0.39, 0.29) is 10.7 Å². The predicted octanol–water partition coefficient (Wildman–Crippen LogP) is 0.172. The smallest absolute Gasteiger partial charge is 0.293 e. The summed E-state index contributed by atoms with van der Waals surface area (Å²) in [6.45, 7) is 1.83. The maximum atomic E-state index is 12.0. The summed E-state index contributed by atoms with van der Waals surface area (Å²) in [5.74, 6) is -0.186. The second kappa shape index (κ2) is 4.73. The topological polar surface area (TPSA) is 112 Å². The normalized spacial score (nSPS) is 11.2. The molecule has 100 valence electrons. The Balaban J connectivity index is 2.38. The Hall–Kier alpha value is -2.35. The molecule has 0 saturated heterocycles. The van der Waals surface area contributed by atoms with Crippen LogP contribution in [0, 0.1) is 6.92 Å². The SMILES string of the molecule is Cc1ccc(S(=O)(=O)Nc2cc(=O)[nH]c(=O)[nH]2)cc1. The lowest BCUT2D eigenvalue weighted by Gasteiger charge is -2.07. The third-order valence-corrected chi connectivity index (χ3v) is 3.72. The highest BCUT2D eigenvalue weighted by Gasteiger charge is 2.14. The summed E-state index contributed by atoms with van der Waals surface area (Å²) >= 11 is 0. The number of benzene rings is 1. The molecule has 1 aromatic carbocycles. The Bertz CT molecular complexity index is 775. The second-order valence-electron chi connectivity index (χ2n) is 3.92. The highest BCUT2D eigenvalue weighted by atomic mass is 32.2. The van der Waals surface area contributed by atoms with Crippen LogP contribution in [0.15, 0.2) is 44.8 Å². The first kappa shape index (κ1) is 13.1. The lowest BCUT2D eigenvalue weighted by Crippen LogP contribution is -2.24. The zero-order valence-corrected chi connectivity index (χ0v) is 10.7. The van der Waals surface area contributed by atoms with E-state index in [0.717, 1.165) is 11.6 Å². The number of H-pyrrole nitrogens is 2. The van der Waals surface area contributed by atoms with E-state index in [1.807, 2.05) is 11.9 Å². The number of hydrogen-bond donors (Lipinski definition) is 3. The summed E-state index contributed by atoms with van der Waals surface area (Å²) in [5, 5.41) is 0. The molecule has 0 fully saturated rings. The molecule has 0 bridgehead atoms. The zero-order chi connectivity index (χ0) is 14.0. The molecule has 0 saturated carbocycles. The molecule has 19 heavy (non-hydrogen) atoms. The lowest BCUT2D eigenvalue weighted by molar-refractivity contribution is 0.601. The lowest BCUT2D eigenvalue weighted by atomic mass is 10.2. The Morgan fingerprint density at radius 3 is 2.26 bits per heavy atom. The standard InChI is InChI=1S/C11H11N3O4S/c1-7-2-4-8(5-3-7)19(17,18)14-9-6-10(15)13-11(16)12-9/h2-6H,1H3,(H3,12,13,14,15,16). The Labute approximate surface area is 108 Å². The average molecular weight is 281 g/mol. The Kier molecular flexibility index (Phi) is 3.26. The van der Waals surface area contributed by atoms with Gasteiger partial charge in [0, 0.05) is 6.07 Å². The first-order valence-corrected chi connectivity index (χ1v) is 6.78. The van der Waals surface area contributed by atoms with Crippen LogP contribution < -0.4 is 16.0 Å². The predicted molar refractivity (Wildman–Crippen MR) is 69.7 cm³/mol. The summed E-state index contributed by atoms with van der Waals surface area (Å²) in [4.78, 5) is 26.3. The molecule has 0 aliphatic heterocycles. The maximum absolute atomic E-state index is 12.0. The van der Waals surface area contributed by atoms with Crippen molar-refractivity contribution in [3.05, 3.63) is 56.7 Å². The number of nitrogens with one attached hydrogen (secondary N) is 3. The maximum Gasteiger partial charge on any atom is 0.327 e. The fourth-order valence-corrected chi connectivity index (χ4v) is 2.46. The van der Waals surface area contributed by atoms with Gasteiger partial charge >= 0.3 is 5.69 Å². The van der Waals surface area contributed by atoms with Gasteiger partial charge in [0.15, 0.2) is 0 Å². The quantitative estimate of drug-likeness (QED) is 0.744. The van der Waals surface area contributed by atoms with Crippen LogP contribution >= 0.6 is 0 Å². The van der Waals surface area contributed by atoms with Gasteiger partial charge in [-0.05, 0) is 19.1 Å². The molecule has 0 unspecified atom stereocenters. The minimum atomic E-state index is -3.84. The molecular formula is C11H11N3O4S. The zero-order valence-electron chi connectivity index (χ0n) is 9.93. The summed E-state index contributed by atoms with van der Waals surface area (Å²) in [6.07, 6.45) is 0. The van der Waals surface area contributed by atoms with Gasteiger partial charge in [-0.3, -0.25) is 19.5 Å². The molecule has 7 nitrogen and oxygen atoms in total. The van der Waals surface area contributed by atoms with Crippen molar-refractivity contribution >= 4 is 15.8 Å². The van der Waals surface area contributed by atoms with E-state index in [0.29, 0.717) is 0 Å². The van der Waals surface area contributed by atoms with Crippen molar-refractivity contribution in [2.24, 2.45) is 0 Å². The van der Waals surface area contributed by atoms with E-state index >= 15 is 0 Å². The van der Waals surface area contributed by atoms with E-state index in [1.165, 1.54) is 12.1 Å². The van der Waals surface area contributed by atoms with Crippen molar-refractivity contribution in [2.75, 3.05) is 4.72 Å². The molecular weight excluding hydrogens is 270 g/mol. The monoisotopic (exact) mass is 281 g/mol. The van der Waals surface area contributed by atoms with Crippen LogP contribution in [-0.2, 0) is 10.0 Å². The van der Waals surface area contributed by atoms with Crippen LogP contribution in [0.3, 0.4) is 0 Å². The van der Waals surface area contributed by atoms with Crippen molar-refractivity contribution in [2.45, 2.75) is 11.8 Å². The average Bonchev–Trinajstić information content (AvgIpc) is 2.27. The van der Waals surface area contributed by atoms with E-state index in [2.05, 4.69) is 9.71 Å². The number of hydrogen-bond acceptors (Lipinski definition) is 4. The van der Waals surface area contributed by atoms with Crippen LogP contribution in [0.1, 0.15) is 5.56 Å². The third-order valence-electron chi connectivity index (χ3n) is 2.34. The molecule has 2 rings (SSSR count). The second-order valence-corrected chi connectivity index (χ2v) is 5.60. The van der Waals surface area contributed by atoms with Gasteiger partial charge in [0.05, 0.1) is 4.90 Å². The Morgan fingerprint density at radius 2 is 1.68 bits per heavy atom. The highest BCUT2D eigenvalue weighted by molar-refractivity contribution is 7.92. The van der Waals surface area contributed by atoms with Crippen molar-refractivity contribution in [3.63, 3.8) is 0 Å². The molecule has 1 aromatic heterocycles. The van der Waals surface area contributed by atoms with Gasteiger partial charge in [-0.15, -0.1) is 0 Å². The minimum Gasteiger partial charge on any atom is -0.293 e. The van der Waals surface area contributed by atoms with Gasteiger partial charge in [-0.2, -0.15) is 0 Å². The molecule has 3 N–H and O–H groups in total. The number of aromatic amines is 2. The fourth-order valence-electron chi connectivity index (χ4n) is 1.44. The third kappa shape index (κ3) is 3.10. The van der Waals surface area contributed by atoms with Crippen LogP contribution in [0.4, 0.5) is 5.82 Å². The molecule has 0 spiro atoms. The molecule has 8 heteroatoms. The number of anilines is 1. The first-order valence-electron chi connectivity index (χ1n) is 5.30. The number of aromatic nitrogens is 2. The van der Waals surface area contributed by atoms with Gasteiger partial charge in [-0.25, -0.2) is 13.2 Å². The Morgan fingerprint density at radius 1 is 1.05 bits per heavy atom. The number of rotatable bonds is 3. The summed E-state index contributed by atoms with van der Waals surface area (Å²) in [7, 11) is -3.84. The van der Waals surface area contributed by atoms with Crippen LogP contribution in [0.2, 0.25) is 0 Å². The summed E-state index contributed by atoms with van der Waals surface area (Å²) < 4.78 is 26.1. The van der Waals surface area contributed by atoms with Crippen molar-refractivity contribution in [3.8, 4) is 0 Å². The molecule has 1 heterocycles.